The van der Waals surface area contributed by atoms with Crippen LogP contribution in [0, 0.1) is 6.92 Å². The third kappa shape index (κ3) is 2.20. The third-order valence-electron chi connectivity index (χ3n) is 1.88. The van der Waals surface area contributed by atoms with E-state index in [2.05, 4.69) is 0 Å². The fourth-order valence-electron chi connectivity index (χ4n) is 1.30. The van der Waals surface area contributed by atoms with Crippen LogP contribution in [0.1, 0.15) is 15.9 Å². The maximum absolute atomic E-state index is 11.5. The largest absolute Gasteiger partial charge is 0.496 e. The van der Waals surface area contributed by atoms with Crippen LogP contribution < -0.4 is 4.74 Å². The highest BCUT2D eigenvalue weighted by atomic mass is 35.5. The molecule has 76 valence electrons. The van der Waals surface area contributed by atoms with Crippen LogP contribution in [-0.4, -0.2) is 18.8 Å². The van der Waals surface area contributed by atoms with Gasteiger partial charge in [0.05, 0.1) is 18.6 Å². The van der Waals surface area contributed by atoms with E-state index >= 15 is 0 Å². The van der Waals surface area contributed by atoms with Crippen molar-refractivity contribution in [2.24, 2.45) is 0 Å². The van der Waals surface area contributed by atoms with E-state index in [4.69, 9.17) is 27.9 Å². The molecule has 0 saturated carbocycles. The molecule has 1 aromatic carbocycles. The van der Waals surface area contributed by atoms with Crippen LogP contribution in [0.2, 0.25) is 5.02 Å². The molecule has 0 unspecified atom stereocenters. The number of halogens is 2. The van der Waals surface area contributed by atoms with Gasteiger partial charge in [0.15, 0.2) is 5.78 Å². The summed E-state index contributed by atoms with van der Waals surface area (Å²) in [6.45, 7) is 1.80. The van der Waals surface area contributed by atoms with Crippen molar-refractivity contribution in [3.05, 3.63) is 28.3 Å². The van der Waals surface area contributed by atoms with Gasteiger partial charge in [-0.2, -0.15) is 0 Å². The highest BCUT2D eigenvalue weighted by Crippen LogP contribution is 2.27. The summed E-state index contributed by atoms with van der Waals surface area (Å²) < 4.78 is 5.07. The fraction of sp³-hybridized carbons (Fsp3) is 0.300. The van der Waals surface area contributed by atoms with Gasteiger partial charge >= 0.3 is 0 Å². The molecule has 0 amide bonds. The molecule has 0 heterocycles. The highest BCUT2D eigenvalue weighted by molar-refractivity contribution is 6.32. The van der Waals surface area contributed by atoms with Crippen LogP contribution in [0.15, 0.2) is 12.1 Å². The standard InChI is InChI=1S/C10H10Cl2O2/c1-6-3-7(12)4-9(14-2)10(6)8(13)5-11/h3-4H,5H2,1-2H3. The van der Waals surface area contributed by atoms with E-state index in [1.54, 1.807) is 19.1 Å². The van der Waals surface area contributed by atoms with Crippen molar-refractivity contribution in [3.8, 4) is 5.75 Å². The first kappa shape index (κ1) is 11.3. The van der Waals surface area contributed by atoms with E-state index in [1.807, 2.05) is 0 Å². The quantitative estimate of drug-likeness (QED) is 0.592. The molecular formula is C10H10Cl2O2. The number of benzene rings is 1. The van der Waals surface area contributed by atoms with Crippen molar-refractivity contribution in [1.82, 2.24) is 0 Å². The van der Waals surface area contributed by atoms with Crippen LogP contribution in [0.5, 0.6) is 5.75 Å². The van der Waals surface area contributed by atoms with Crippen molar-refractivity contribution in [1.29, 1.82) is 0 Å². The van der Waals surface area contributed by atoms with Crippen molar-refractivity contribution in [2.75, 3.05) is 13.0 Å². The molecular weight excluding hydrogens is 223 g/mol. The molecule has 0 radical (unpaired) electrons. The number of hydrogen-bond acceptors (Lipinski definition) is 2. The number of ether oxygens (including phenoxy) is 1. The van der Waals surface area contributed by atoms with Crippen LogP contribution in [0.3, 0.4) is 0 Å². The molecule has 0 spiro atoms. The number of aryl methyl sites for hydroxylation is 1. The van der Waals surface area contributed by atoms with E-state index in [0.717, 1.165) is 5.56 Å². The number of carbonyl (C=O) groups is 1. The molecule has 0 bridgehead atoms. The fourth-order valence-corrected chi connectivity index (χ4v) is 1.69. The van der Waals surface area contributed by atoms with E-state index < -0.39 is 0 Å². The molecule has 14 heavy (non-hydrogen) atoms. The summed E-state index contributed by atoms with van der Waals surface area (Å²) in [7, 11) is 1.50. The van der Waals surface area contributed by atoms with Gasteiger partial charge in [-0.3, -0.25) is 4.79 Å². The smallest absolute Gasteiger partial charge is 0.181 e. The minimum Gasteiger partial charge on any atom is -0.496 e. The number of methoxy groups -OCH3 is 1. The predicted molar refractivity (Wildman–Crippen MR) is 57.8 cm³/mol. The lowest BCUT2D eigenvalue weighted by Crippen LogP contribution is -2.05. The molecule has 1 aromatic rings. The van der Waals surface area contributed by atoms with E-state index in [0.29, 0.717) is 16.3 Å². The first-order chi connectivity index (χ1) is 6.60. The monoisotopic (exact) mass is 232 g/mol. The van der Waals surface area contributed by atoms with Crippen molar-refractivity contribution >= 4 is 29.0 Å². The van der Waals surface area contributed by atoms with Gasteiger partial charge < -0.3 is 4.74 Å². The molecule has 4 heteroatoms. The number of ketones is 1. The summed E-state index contributed by atoms with van der Waals surface area (Å²) in [4.78, 5) is 11.5. The molecule has 0 aliphatic carbocycles. The second kappa shape index (κ2) is 4.67. The molecule has 0 fully saturated rings. The van der Waals surface area contributed by atoms with Crippen molar-refractivity contribution < 1.29 is 9.53 Å². The average molecular weight is 233 g/mol. The van der Waals surface area contributed by atoms with Gasteiger partial charge in [0, 0.05) is 5.02 Å². The van der Waals surface area contributed by atoms with E-state index in [9.17, 15) is 4.79 Å². The topological polar surface area (TPSA) is 26.3 Å². The predicted octanol–water partition coefficient (Wildman–Crippen LogP) is 3.08. The Morgan fingerprint density at radius 1 is 1.50 bits per heavy atom. The Labute approximate surface area is 92.8 Å². The summed E-state index contributed by atoms with van der Waals surface area (Å²) in [5.41, 5.74) is 1.28. The Kier molecular flexibility index (Phi) is 3.78. The summed E-state index contributed by atoms with van der Waals surface area (Å²) in [6.07, 6.45) is 0. The summed E-state index contributed by atoms with van der Waals surface area (Å²) >= 11 is 11.3. The summed E-state index contributed by atoms with van der Waals surface area (Å²) in [5.74, 6) is 0.261. The first-order valence-electron chi connectivity index (χ1n) is 4.03. The normalized spacial score (nSPS) is 10.0. The molecule has 0 N–H and O–H groups in total. The highest BCUT2D eigenvalue weighted by Gasteiger charge is 2.14. The Bertz CT molecular complexity index is 361. The zero-order chi connectivity index (χ0) is 10.7. The van der Waals surface area contributed by atoms with Crippen LogP contribution >= 0.6 is 23.2 Å². The van der Waals surface area contributed by atoms with Crippen molar-refractivity contribution in [3.63, 3.8) is 0 Å². The van der Waals surface area contributed by atoms with Gasteiger partial charge in [0.25, 0.3) is 0 Å². The van der Waals surface area contributed by atoms with Crippen molar-refractivity contribution in [2.45, 2.75) is 6.92 Å². The lowest BCUT2D eigenvalue weighted by atomic mass is 10.0. The number of hydrogen-bond donors (Lipinski definition) is 0. The maximum Gasteiger partial charge on any atom is 0.181 e. The summed E-state index contributed by atoms with van der Waals surface area (Å²) in [6, 6.07) is 3.32. The minimum absolute atomic E-state index is 0.0567. The molecule has 1 rings (SSSR count). The van der Waals surface area contributed by atoms with Gasteiger partial charge in [-0.25, -0.2) is 0 Å². The van der Waals surface area contributed by atoms with Crippen LogP contribution in [0.25, 0.3) is 0 Å². The summed E-state index contributed by atoms with van der Waals surface area (Å²) in [5, 5.41) is 0.547. The number of rotatable bonds is 3. The Balaban J connectivity index is 3.32. The lowest BCUT2D eigenvalue weighted by Gasteiger charge is -2.09. The average Bonchev–Trinajstić information content (AvgIpc) is 2.15. The zero-order valence-corrected chi connectivity index (χ0v) is 9.45. The van der Waals surface area contributed by atoms with Crippen LogP contribution in [-0.2, 0) is 0 Å². The molecule has 0 aromatic heterocycles. The van der Waals surface area contributed by atoms with Gasteiger partial charge in [-0.05, 0) is 24.6 Å². The molecule has 0 saturated heterocycles. The third-order valence-corrected chi connectivity index (χ3v) is 2.35. The number of Topliss-reactive ketones (excluding diaryl/α,β-unsaturated/α-hetero) is 1. The Morgan fingerprint density at radius 2 is 2.14 bits per heavy atom. The molecule has 2 nitrogen and oxygen atoms in total. The van der Waals surface area contributed by atoms with Gasteiger partial charge in [-0.15, -0.1) is 11.6 Å². The molecule has 0 aliphatic rings. The maximum atomic E-state index is 11.5. The number of carbonyl (C=O) groups excluding carboxylic acids is 1. The van der Waals surface area contributed by atoms with Gasteiger partial charge in [-0.1, -0.05) is 11.6 Å². The first-order valence-corrected chi connectivity index (χ1v) is 4.94. The van der Waals surface area contributed by atoms with Crippen LogP contribution in [0.4, 0.5) is 0 Å². The SMILES string of the molecule is COc1cc(Cl)cc(C)c1C(=O)CCl. The van der Waals surface area contributed by atoms with Gasteiger partial charge in [0.1, 0.15) is 5.75 Å². The molecule has 0 aliphatic heterocycles. The van der Waals surface area contributed by atoms with E-state index in [-0.39, 0.29) is 11.7 Å². The number of alkyl halides is 1. The Morgan fingerprint density at radius 3 is 2.64 bits per heavy atom. The van der Waals surface area contributed by atoms with E-state index in [1.165, 1.54) is 7.11 Å². The second-order valence-electron chi connectivity index (χ2n) is 2.86. The Hall–Kier alpha value is -0.730. The molecule has 0 atom stereocenters. The zero-order valence-electron chi connectivity index (χ0n) is 7.93. The lowest BCUT2D eigenvalue weighted by molar-refractivity contribution is 0.101. The minimum atomic E-state index is -0.155. The van der Waals surface area contributed by atoms with Gasteiger partial charge in [0.2, 0.25) is 0 Å². The second-order valence-corrected chi connectivity index (χ2v) is 3.56.